The Bertz CT molecular complexity index is 1060. The zero-order valence-corrected chi connectivity index (χ0v) is 18.2. The van der Waals surface area contributed by atoms with Crippen molar-refractivity contribution in [2.75, 3.05) is 38.7 Å². The molecule has 2 aromatic carbocycles. The predicted molar refractivity (Wildman–Crippen MR) is 116 cm³/mol. The molecule has 1 fully saturated rings. The number of nitrogens with zero attached hydrogens (tertiary/aromatic N) is 1. The van der Waals surface area contributed by atoms with Gasteiger partial charge in [0.05, 0.1) is 20.3 Å². The predicted octanol–water partition coefficient (Wildman–Crippen LogP) is 2.98. The number of sulfonamides is 1. The van der Waals surface area contributed by atoms with Crippen molar-refractivity contribution in [2.24, 2.45) is 0 Å². The molecular weight excluding hydrogens is 404 g/mol. The van der Waals surface area contributed by atoms with Gasteiger partial charge in [-0.3, -0.25) is 4.79 Å². The summed E-state index contributed by atoms with van der Waals surface area (Å²) in [5.41, 5.74) is 3.41. The fourth-order valence-electron chi connectivity index (χ4n) is 3.22. The zero-order chi connectivity index (χ0) is 21.7. The number of hydrogen-bond acceptors (Lipinski definition) is 5. The zero-order valence-electron chi connectivity index (χ0n) is 17.3. The highest BCUT2D eigenvalue weighted by Gasteiger charge is 2.29. The van der Waals surface area contributed by atoms with Gasteiger partial charge < -0.3 is 14.8 Å². The van der Waals surface area contributed by atoms with E-state index in [2.05, 4.69) is 5.32 Å². The number of aryl methyl sites for hydroxylation is 2. The Balaban J connectivity index is 1.81. The average molecular weight is 431 g/mol. The summed E-state index contributed by atoms with van der Waals surface area (Å²) in [5, 5.41) is 2.84. The van der Waals surface area contributed by atoms with Crippen LogP contribution in [0, 0.1) is 13.8 Å². The monoisotopic (exact) mass is 430 g/mol. The van der Waals surface area contributed by atoms with Crippen LogP contribution in [0.25, 0.3) is 6.08 Å². The van der Waals surface area contributed by atoms with Crippen molar-refractivity contribution < 1.29 is 22.7 Å². The molecule has 7 nitrogen and oxygen atoms in total. The minimum Gasteiger partial charge on any atom is -0.495 e. The van der Waals surface area contributed by atoms with Gasteiger partial charge in [0.15, 0.2) is 0 Å². The summed E-state index contributed by atoms with van der Waals surface area (Å²) >= 11 is 0. The number of carbonyl (C=O) groups is 1. The molecule has 0 radical (unpaired) electrons. The second-order valence-corrected chi connectivity index (χ2v) is 8.97. The van der Waals surface area contributed by atoms with Gasteiger partial charge in [-0.25, -0.2) is 8.42 Å². The molecule has 1 amide bonds. The standard InChI is InChI=1S/C22H26N2O5S/c1-16-4-7-19(17(2)14-16)23-22(25)9-6-18-5-8-20(28-3)21(15-18)30(26,27)24-10-12-29-13-11-24/h4-9,14-15H,10-13H2,1-3H3,(H,23,25). The average Bonchev–Trinajstić information content (AvgIpc) is 2.74. The Kier molecular flexibility index (Phi) is 6.91. The van der Waals surface area contributed by atoms with E-state index >= 15 is 0 Å². The first kappa shape index (κ1) is 22.0. The number of ether oxygens (including phenoxy) is 2. The molecule has 0 atom stereocenters. The first-order valence-electron chi connectivity index (χ1n) is 9.63. The molecule has 0 saturated carbocycles. The minimum atomic E-state index is -3.73. The van der Waals surface area contributed by atoms with E-state index in [0.29, 0.717) is 31.9 Å². The van der Waals surface area contributed by atoms with Crippen molar-refractivity contribution in [3.05, 3.63) is 59.2 Å². The van der Waals surface area contributed by atoms with E-state index in [1.54, 1.807) is 18.2 Å². The number of hydrogen-bond donors (Lipinski definition) is 1. The van der Waals surface area contributed by atoms with E-state index in [-0.39, 0.29) is 16.6 Å². The van der Waals surface area contributed by atoms with E-state index in [4.69, 9.17) is 9.47 Å². The highest BCUT2D eigenvalue weighted by Crippen LogP contribution is 2.29. The van der Waals surface area contributed by atoms with Crippen LogP contribution < -0.4 is 10.1 Å². The summed E-state index contributed by atoms with van der Waals surface area (Å²) in [5.74, 6) is -0.0336. The van der Waals surface area contributed by atoms with Crippen molar-refractivity contribution in [3.63, 3.8) is 0 Å². The summed E-state index contributed by atoms with van der Waals surface area (Å²) in [6, 6.07) is 10.6. The number of rotatable bonds is 6. The largest absolute Gasteiger partial charge is 0.495 e. The number of nitrogens with one attached hydrogen (secondary N) is 1. The fraction of sp³-hybridized carbons (Fsp3) is 0.318. The SMILES string of the molecule is COc1ccc(C=CC(=O)Nc2ccc(C)cc2C)cc1S(=O)(=O)N1CCOCC1. The highest BCUT2D eigenvalue weighted by molar-refractivity contribution is 7.89. The van der Waals surface area contributed by atoms with Gasteiger partial charge in [-0.15, -0.1) is 0 Å². The third-order valence-corrected chi connectivity index (χ3v) is 6.76. The van der Waals surface area contributed by atoms with E-state index in [9.17, 15) is 13.2 Å². The number of anilines is 1. The molecule has 1 saturated heterocycles. The quantitative estimate of drug-likeness (QED) is 0.712. The maximum atomic E-state index is 13.1. The van der Waals surface area contributed by atoms with E-state index < -0.39 is 10.0 Å². The summed E-state index contributed by atoms with van der Waals surface area (Å²) in [6.07, 6.45) is 2.96. The van der Waals surface area contributed by atoms with Gasteiger partial charge in [-0.2, -0.15) is 4.31 Å². The number of methoxy groups -OCH3 is 1. The molecular formula is C22H26N2O5S. The van der Waals surface area contributed by atoms with Crippen LogP contribution >= 0.6 is 0 Å². The number of morpholine rings is 1. The molecule has 1 aliphatic heterocycles. The highest BCUT2D eigenvalue weighted by atomic mass is 32.2. The minimum absolute atomic E-state index is 0.0730. The van der Waals surface area contributed by atoms with Gasteiger partial charge in [0.25, 0.3) is 0 Å². The van der Waals surface area contributed by atoms with Crippen LogP contribution in [-0.4, -0.2) is 52.0 Å². The third-order valence-electron chi connectivity index (χ3n) is 4.84. The second kappa shape index (κ2) is 9.42. The molecule has 160 valence electrons. The molecule has 2 aromatic rings. The van der Waals surface area contributed by atoms with Gasteiger partial charge in [0.1, 0.15) is 10.6 Å². The topological polar surface area (TPSA) is 84.9 Å². The molecule has 0 bridgehead atoms. The lowest BCUT2D eigenvalue weighted by Crippen LogP contribution is -2.40. The first-order valence-corrected chi connectivity index (χ1v) is 11.1. The smallest absolute Gasteiger partial charge is 0.248 e. The van der Waals surface area contributed by atoms with Crippen molar-refractivity contribution in [2.45, 2.75) is 18.7 Å². The van der Waals surface area contributed by atoms with E-state index in [1.165, 1.54) is 23.6 Å². The van der Waals surface area contributed by atoms with E-state index in [0.717, 1.165) is 16.8 Å². The van der Waals surface area contributed by atoms with Gasteiger partial charge >= 0.3 is 0 Å². The number of benzene rings is 2. The van der Waals surface area contributed by atoms with Crippen LogP contribution in [-0.2, 0) is 19.6 Å². The van der Waals surface area contributed by atoms with Crippen molar-refractivity contribution in [3.8, 4) is 5.75 Å². The van der Waals surface area contributed by atoms with Gasteiger partial charge in [-0.05, 0) is 49.2 Å². The lowest BCUT2D eigenvalue weighted by Gasteiger charge is -2.26. The number of carbonyl (C=O) groups excluding carboxylic acids is 1. The second-order valence-electron chi connectivity index (χ2n) is 7.07. The molecule has 30 heavy (non-hydrogen) atoms. The Morgan fingerprint density at radius 1 is 1.13 bits per heavy atom. The van der Waals surface area contributed by atoms with Gasteiger partial charge in [-0.1, -0.05) is 23.8 Å². The molecule has 1 aliphatic rings. The molecule has 3 rings (SSSR count). The Hall–Kier alpha value is -2.68. The lowest BCUT2D eigenvalue weighted by molar-refractivity contribution is -0.111. The van der Waals surface area contributed by atoms with Crippen molar-refractivity contribution >= 4 is 27.7 Å². The van der Waals surface area contributed by atoms with Crippen LogP contribution in [0.15, 0.2) is 47.4 Å². The normalized spacial score (nSPS) is 15.3. The maximum Gasteiger partial charge on any atom is 0.248 e. The van der Waals surface area contributed by atoms with Crippen LogP contribution in [0.2, 0.25) is 0 Å². The lowest BCUT2D eigenvalue weighted by atomic mass is 10.1. The Labute approximate surface area is 177 Å². The Morgan fingerprint density at radius 3 is 2.53 bits per heavy atom. The molecule has 0 aromatic heterocycles. The van der Waals surface area contributed by atoms with Crippen molar-refractivity contribution in [1.82, 2.24) is 4.31 Å². The summed E-state index contributed by atoms with van der Waals surface area (Å²) in [4.78, 5) is 12.4. The molecule has 0 spiro atoms. The van der Waals surface area contributed by atoms with Gasteiger partial charge in [0.2, 0.25) is 15.9 Å². The maximum absolute atomic E-state index is 13.1. The number of amides is 1. The first-order chi connectivity index (χ1) is 14.3. The van der Waals surface area contributed by atoms with E-state index in [1.807, 2.05) is 32.0 Å². The van der Waals surface area contributed by atoms with Gasteiger partial charge in [0, 0.05) is 24.9 Å². The molecule has 0 unspecified atom stereocenters. The molecule has 8 heteroatoms. The van der Waals surface area contributed by atoms with Crippen molar-refractivity contribution in [1.29, 1.82) is 0 Å². The fourth-order valence-corrected chi connectivity index (χ4v) is 4.82. The van der Waals surface area contributed by atoms with Crippen LogP contribution in [0.3, 0.4) is 0 Å². The molecule has 1 heterocycles. The molecule has 0 aliphatic carbocycles. The van der Waals surface area contributed by atoms with Crippen LogP contribution in [0.5, 0.6) is 5.75 Å². The summed E-state index contributed by atoms with van der Waals surface area (Å²) in [6.45, 7) is 5.23. The molecule has 1 N–H and O–H groups in total. The summed E-state index contributed by atoms with van der Waals surface area (Å²) < 4.78 is 38.0. The van der Waals surface area contributed by atoms with Crippen LogP contribution in [0.4, 0.5) is 5.69 Å². The summed E-state index contributed by atoms with van der Waals surface area (Å²) in [7, 11) is -2.30. The third kappa shape index (κ3) is 5.08. The Morgan fingerprint density at radius 2 is 1.87 bits per heavy atom. The van der Waals surface area contributed by atoms with Crippen LogP contribution in [0.1, 0.15) is 16.7 Å².